The molecule has 1 N–H and O–H groups in total. The van der Waals surface area contributed by atoms with Crippen molar-refractivity contribution in [3.63, 3.8) is 0 Å². The number of fused-ring (bicyclic) bond motifs is 1. The molecule has 1 aromatic carbocycles. The van der Waals surface area contributed by atoms with Gasteiger partial charge in [-0.3, -0.25) is 20.0 Å². The van der Waals surface area contributed by atoms with Crippen LogP contribution in [0, 0.1) is 10.4 Å². The van der Waals surface area contributed by atoms with Gasteiger partial charge in [-0.2, -0.15) is 13.2 Å². The third-order valence-electron chi connectivity index (χ3n) is 5.71. The average Bonchev–Trinajstić information content (AvgIpc) is 2.83. The molecule has 2 aromatic heterocycles. The van der Waals surface area contributed by atoms with Crippen molar-refractivity contribution in [1.82, 2.24) is 15.0 Å². The van der Waals surface area contributed by atoms with E-state index in [9.17, 15) is 28.4 Å². The van der Waals surface area contributed by atoms with Gasteiger partial charge in [0.2, 0.25) is 5.10 Å². The second-order valence-electron chi connectivity index (χ2n) is 8.35. The molecule has 1 aliphatic rings. The minimum Gasteiger partial charge on any atom is -0.739 e. The number of hydrogen-bond donors (Lipinski definition) is 1. The van der Waals surface area contributed by atoms with Gasteiger partial charge in [0.15, 0.2) is 5.52 Å². The third-order valence-corrected chi connectivity index (χ3v) is 6.21. The lowest BCUT2D eigenvalue weighted by molar-refractivity contribution is -0.672. The minimum atomic E-state index is -4.44. The molecule has 1 aliphatic heterocycles. The molecule has 3 heterocycles. The lowest BCUT2D eigenvalue weighted by Gasteiger charge is -2.31. The van der Waals surface area contributed by atoms with Crippen LogP contribution in [0.4, 0.5) is 19.1 Å². The summed E-state index contributed by atoms with van der Waals surface area (Å²) in [7, 11) is 0. The van der Waals surface area contributed by atoms with Crippen LogP contribution in [0.25, 0.3) is 11.0 Å². The van der Waals surface area contributed by atoms with Gasteiger partial charge >= 0.3 is 23.6 Å². The number of carbonyl (C=O) groups is 1. The number of pyridine rings is 1. The number of piperidine rings is 1. The van der Waals surface area contributed by atoms with Crippen LogP contribution in [0.3, 0.4) is 0 Å². The summed E-state index contributed by atoms with van der Waals surface area (Å²) in [5.41, 5.74) is -0.0887. The fraction of sp³-hybridized carbons (Fsp3) is 0.409. The molecule has 3 aromatic rings. The smallest absolute Gasteiger partial charge is 0.460 e. The standard InChI is InChI=1S/C22H22BrF3N6O4/c23-16-1-2-18-19(10-16)32(35)29-21(31(18)34)28-6-3-20(33)36-17-4-7-30(8-5-17)13-14-9-15(12-27-11-14)22(24,25)26/h1-2,9-12,17H,3-8,13H2,(H,28,29). The number of anilines is 1. The number of ether oxygens (including phenoxy) is 1. The molecule has 0 saturated carbocycles. The Morgan fingerprint density at radius 1 is 1.19 bits per heavy atom. The van der Waals surface area contributed by atoms with Crippen LogP contribution in [-0.4, -0.2) is 46.7 Å². The highest BCUT2D eigenvalue weighted by molar-refractivity contribution is 9.10. The van der Waals surface area contributed by atoms with Crippen LogP contribution in [0.15, 0.2) is 41.1 Å². The normalized spacial score (nSPS) is 15.2. The van der Waals surface area contributed by atoms with Crippen molar-refractivity contribution in [3.8, 4) is 0 Å². The van der Waals surface area contributed by atoms with Crippen LogP contribution in [0.5, 0.6) is 0 Å². The van der Waals surface area contributed by atoms with Crippen LogP contribution in [-0.2, 0) is 22.3 Å². The van der Waals surface area contributed by atoms with Crippen molar-refractivity contribution < 1.29 is 32.3 Å². The van der Waals surface area contributed by atoms with Gasteiger partial charge in [-0.15, -0.1) is 0 Å². The summed E-state index contributed by atoms with van der Waals surface area (Å²) in [5.74, 6) is -0.704. The van der Waals surface area contributed by atoms with Gasteiger partial charge in [0.05, 0.1) is 18.5 Å². The van der Waals surface area contributed by atoms with E-state index >= 15 is 0 Å². The van der Waals surface area contributed by atoms with Crippen molar-refractivity contribution in [2.24, 2.45) is 0 Å². The zero-order chi connectivity index (χ0) is 25.9. The summed E-state index contributed by atoms with van der Waals surface area (Å²) in [6, 6.07) is 5.68. The molecule has 4 rings (SSSR count). The summed E-state index contributed by atoms with van der Waals surface area (Å²) in [6.07, 6.45) is -1.49. The van der Waals surface area contributed by atoms with Crippen molar-refractivity contribution in [2.45, 2.75) is 38.1 Å². The SMILES string of the molecule is O=C(CCNc1n[n+]([O-])c2cc(Br)ccc2[n+]1[O-])OC1CCN(Cc2cncc(C(F)(F)F)c2)CC1. The molecule has 0 spiro atoms. The maximum atomic E-state index is 12.9. The topological polar surface area (TPSA) is 121 Å². The first-order valence-corrected chi connectivity index (χ1v) is 11.9. The van der Waals surface area contributed by atoms with Gasteiger partial charge in [0, 0.05) is 47.4 Å². The van der Waals surface area contributed by atoms with Crippen molar-refractivity contribution in [3.05, 3.63) is 62.7 Å². The van der Waals surface area contributed by atoms with E-state index in [0.29, 0.717) is 52.1 Å². The number of carbonyl (C=O) groups excluding carboxylic acids is 1. The van der Waals surface area contributed by atoms with E-state index in [1.165, 1.54) is 18.3 Å². The number of nitrogens with one attached hydrogen (secondary N) is 1. The number of alkyl halides is 3. The van der Waals surface area contributed by atoms with Gasteiger partial charge in [-0.1, -0.05) is 15.9 Å². The molecule has 0 bridgehead atoms. The molecule has 0 atom stereocenters. The predicted molar refractivity (Wildman–Crippen MR) is 124 cm³/mol. The molecule has 0 amide bonds. The van der Waals surface area contributed by atoms with E-state index < -0.39 is 17.7 Å². The number of esters is 1. The van der Waals surface area contributed by atoms with E-state index in [1.807, 2.05) is 4.90 Å². The second kappa shape index (κ2) is 10.8. The average molecular weight is 571 g/mol. The first-order valence-electron chi connectivity index (χ1n) is 11.1. The summed E-state index contributed by atoms with van der Waals surface area (Å²) < 4.78 is 45.2. The number of hydrogen-bond acceptors (Lipinski definition) is 8. The van der Waals surface area contributed by atoms with Crippen LogP contribution in [0.2, 0.25) is 0 Å². The summed E-state index contributed by atoms with van der Waals surface area (Å²) in [6.45, 7) is 1.48. The Morgan fingerprint density at radius 3 is 2.67 bits per heavy atom. The maximum absolute atomic E-state index is 12.9. The highest BCUT2D eigenvalue weighted by Gasteiger charge is 2.31. The number of halogens is 4. The van der Waals surface area contributed by atoms with E-state index in [-0.39, 0.29) is 36.1 Å². The van der Waals surface area contributed by atoms with E-state index in [0.717, 1.165) is 12.3 Å². The number of likely N-dealkylation sites (tertiary alicyclic amines) is 1. The zero-order valence-corrected chi connectivity index (χ0v) is 20.5. The fourth-order valence-corrected chi connectivity index (χ4v) is 4.27. The van der Waals surface area contributed by atoms with Gasteiger partial charge in [0.1, 0.15) is 6.10 Å². The van der Waals surface area contributed by atoms with Crippen LogP contribution < -0.4 is 14.9 Å². The van der Waals surface area contributed by atoms with E-state index in [2.05, 4.69) is 31.3 Å². The summed E-state index contributed by atoms with van der Waals surface area (Å²) in [5, 5.41) is 30.9. The van der Waals surface area contributed by atoms with Crippen molar-refractivity contribution in [2.75, 3.05) is 25.0 Å². The molecule has 36 heavy (non-hydrogen) atoms. The third kappa shape index (κ3) is 6.29. The maximum Gasteiger partial charge on any atom is 0.460 e. The largest absolute Gasteiger partial charge is 0.739 e. The first kappa shape index (κ1) is 25.8. The quantitative estimate of drug-likeness (QED) is 0.261. The van der Waals surface area contributed by atoms with E-state index in [4.69, 9.17) is 4.74 Å². The molecule has 0 aliphatic carbocycles. The monoisotopic (exact) mass is 570 g/mol. The van der Waals surface area contributed by atoms with Crippen molar-refractivity contribution >= 4 is 38.9 Å². The highest BCUT2D eigenvalue weighted by atomic mass is 79.9. The molecule has 192 valence electrons. The molecule has 10 nitrogen and oxygen atoms in total. The number of aromatic nitrogens is 4. The molecule has 14 heteroatoms. The second-order valence-corrected chi connectivity index (χ2v) is 9.26. The predicted octanol–water partition coefficient (Wildman–Crippen LogP) is 2.69. The van der Waals surface area contributed by atoms with Crippen LogP contribution >= 0.6 is 15.9 Å². The minimum absolute atomic E-state index is 0.0392. The summed E-state index contributed by atoms with van der Waals surface area (Å²) >= 11 is 3.23. The van der Waals surface area contributed by atoms with Gasteiger partial charge in [-0.05, 0) is 36.6 Å². The molecular weight excluding hydrogens is 549 g/mol. The Bertz CT molecular complexity index is 1250. The van der Waals surface area contributed by atoms with Crippen molar-refractivity contribution in [1.29, 1.82) is 0 Å². The lowest BCUT2D eigenvalue weighted by atomic mass is 10.1. The fourth-order valence-electron chi connectivity index (χ4n) is 3.92. The van der Waals surface area contributed by atoms with Crippen LogP contribution in [0.1, 0.15) is 30.4 Å². The van der Waals surface area contributed by atoms with Gasteiger partial charge < -0.3 is 15.2 Å². The molecule has 1 fully saturated rings. The number of nitrogens with zero attached hydrogens (tertiary/aromatic N) is 5. The Hall–Kier alpha value is -3.26. The number of rotatable bonds is 7. The molecular formula is C22H22BrF3N6O4. The molecule has 0 radical (unpaired) electrons. The molecule has 0 unspecified atom stereocenters. The Morgan fingerprint density at radius 2 is 1.94 bits per heavy atom. The van der Waals surface area contributed by atoms with Gasteiger partial charge in [0.25, 0.3) is 0 Å². The van der Waals surface area contributed by atoms with Gasteiger partial charge in [-0.25, -0.2) is 4.73 Å². The summed E-state index contributed by atoms with van der Waals surface area (Å²) in [4.78, 5) is 18.2. The van der Waals surface area contributed by atoms with E-state index in [1.54, 1.807) is 6.07 Å². The molecule has 1 saturated heterocycles. The first-order chi connectivity index (χ1) is 17.1. The Balaban J connectivity index is 1.22. The lowest BCUT2D eigenvalue weighted by Crippen LogP contribution is -2.44. The number of benzene rings is 1. The Kier molecular flexibility index (Phi) is 7.73. The highest BCUT2D eigenvalue weighted by Crippen LogP contribution is 2.29. The Labute approximate surface area is 212 Å². The zero-order valence-electron chi connectivity index (χ0n) is 18.9.